The maximum atomic E-state index is 12.1. The van der Waals surface area contributed by atoms with E-state index < -0.39 is 0 Å². The number of aryl methyl sites for hydroxylation is 1. The predicted octanol–water partition coefficient (Wildman–Crippen LogP) is 2.00. The molecule has 1 unspecified atom stereocenters. The first-order valence-corrected chi connectivity index (χ1v) is 6.20. The van der Waals surface area contributed by atoms with Gasteiger partial charge in [0.05, 0.1) is 12.1 Å². The van der Waals surface area contributed by atoms with Crippen molar-refractivity contribution < 1.29 is 14.6 Å². The van der Waals surface area contributed by atoms with Crippen LogP contribution in [0.1, 0.15) is 35.7 Å². The van der Waals surface area contributed by atoms with E-state index in [1.807, 2.05) is 6.92 Å². The lowest BCUT2D eigenvalue weighted by Crippen LogP contribution is -2.51. The first kappa shape index (κ1) is 12.9. The second kappa shape index (κ2) is 4.98. The van der Waals surface area contributed by atoms with Crippen LogP contribution in [0.3, 0.4) is 0 Å². The summed E-state index contributed by atoms with van der Waals surface area (Å²) >= 11 is 0. The molecule has 2 rings (SSSR count). The molecule has 1 aliphatic heterocycles. The van der Waals surface area contributed by atoms with Gasteiger partial charge in [-0.1, -0.05) is 6.07 Å². The molecular weight excluding hydrogens is 230 g/mol. The molecule has 2 N–H and O–H groups in total. The summed E-state index contributed by atoms with van der Waals surface area (Å²) in [7, 11) is 0. The second-order valence-corrected chi connectivity index (χ2v) is 5.17. The van der Waals surface area contributed by atoms with Gasteiger partial charge in [-0.25, -0.2) is 0 Å². The third kappa shape index (κ3) is 2.82. The standard InChI is InChI=1S/C14H19NO3/c1-10-4-5-11(8-12(10)16)13(17)15-14(2)6-3-7-18-9-14/h4-5,8,16H,3,6-7,9H2,1-2H3,(H,15,17). The number of ether oxygens (including phenoxy) is 1. The SMILES string of the molecule is Cc1ccc(C(=O)NC2(C)CCCOC2)cc1O. The summed E-state index contributed by atoms with van der Waals surface area (Å²) < 4.78 is 5.40. The van der Waals surface area contributed by atoms with Crippen LogP contribution in [-0.2, 0) is 4.74 Å². The van der Waals surface area contributed by atoms with E-state index in [1.165, 1.54) is 6.07 Å². The van der Waals surface area contributed by atoms with Crippen LogP contribution in [0, 0.1) is 6.92 Å². The molecule has 18 heavy (non-hydrogen) atoms. The van der Waals surface area contributed by atoms with Crippen molar-refractivity contribution >= 4 is 5.91 Å². The first-order chi connectivity index (χ1) is 8.50. The zero-order chi connectivity index (χ0) is 13.2. The summed E-state index contributed by atoms with van der Waals surface area (Å²) in [5.41, 5.74) is 0.930. The third-order valence-corrected chi connectivity index (χ3v) is 3.32. The fourth-order valence-electron chi connectivity index (χ4n) is 2.13. The number of aromatic hydroxyl groups is 1. The summed E-state index contributed by atoms with van der Waals surface area (Å²) in [5.74, 6) is -0.0222. The largest absolute Gasteiger partial charge is 0.508 e. The third-order valence-electron chi connectivity index (χ3n) is 3.32. The minimum absolute atomic E-state index is 0.146. The lowest BCUT2D eigenvalue weighted by Gasteiger charge is -2.34. The van der Waals surface area contributed by atoms with Gasteiger partial charge in [0.1, 0.15) is 5.75 Å². The van der Waals surface area contributed by atoms with Crippen molar-refractivity contribution in [2.24, 2.45) is 0 Å². The van der Waals surface area contributed by atoms with Gasteiger partial charge in [-0.05, 0) is 44.4 Å². The zero-order valence-electron chi connectivity index (χ0n) is 10.8. The molecule has 1 saturated heterocycles. The van der Waals surface area contributed by atoms with Gasteiger partial charge in [-0.15, -0.1) is 0 Å². The number of carbonyl (C=O) groups excluding carboxylic acids is 1. The number of rotatable bonds is 2. The molecule has 1 amide bonds. The molecule has 0 aliphatic carbocycles. The van der Waals surface area contributed by atoms with E-state index in [2.05, 4.69) is 5.32 Å². The van der Waals surface area contributed by atoms with Gasteiger partial charge < -0.3 is 15.2 Å². The molecule has 1 heterocycles. The quantitative estimate of drug-likeness (QED) is 0.842. The number of hydrogen-bond donors (Lipinski definition) is 2. The summed E-state index contributed by atoms with van der Waals surface area (Å²) in [6.45, 7) is 5.08. The molecule has 98 valence electrons. The van der Waals surface area contributed by atoms with Crippen LogP contribution in [0.15, 0.2) is 18.2 Å². The van der Waals surface area contributed by atoms with Gasteiger partial charge in [-0.3, -0.25) is 4.79 Å². The Labute approximate surface area is 107 Å². The van der Waals surface area contributed by atoms with Gasteiger partial charge in [0.25, 0.3) is 5.91 Å². The molecular formula is C14H19NO3. The predicted molar refractivity (Wildman–Crippen MR) is 68.8 cm³/mol. The summed E-state index contributed by atoms with van der Waals surface area (Å²) in [6, 6.07) is 4.96. The van der Waals surface area contributed by atoms with Gasteiger partial charge in [0, 0.05) is 12.2 Å². The molecule has 0 radical (unpaired) electrons. The van der Waals surface area contributed by atoms with Crippen molar-refractivity contribution in [2.75, 3.05) is 13.2 Å². The first-order valence-electron chi connectivity index (χ1n) is 6.20. The topological polar surface area (TPSA) is 58.6 Å². The average molecular weight is 249 g/mol. The molecule has 4 nitrogen and oxygen atoms in total. The number of amides is 1. The van der Waals surface area contributed by atoms with Crippen molar-refractivity contribution in [1.82, 2.24) is 5.32 Å². The van der Waals surface area contributed by atoms with Crippen LogP contribution in [0.2, 0.25) is 0 Å². The molecule has 0 spiro atoms. The van der Waals surface area contributed by atoms with Crippen LogP contribution >= 0.6 is 0 Å². The van der Waals surface area contributed by atoms with Crippen LogP contribution in [0.25, 0.3) is 0 Å². The highest BCUT2D eigenvalue weighted by atomic mass is 16.5. The van der Waals surface area contributed by atoms with Gasteiger partial charge >= 0.3 is 0 Å². The highest BCUT2D eigenvalue weighted by molar-refractivity contribution is 5.95. The molecule has 1 atom stereocenters. The zero-order valence-corrected chi connectivity index (χ0v) is 10.8. The van der Waals surface area contributed by atoms with E-state index in [-0.39, 0.29) is 17.2 Å². The number of benzene rings is 1. The fourth-order valence-corrected chi connectivity index (χ4v) is 2.13. The number of nitrogens with one attached hydrogen (secondary N) is 1. The number of phenolic OH excluding ortho intramolecular Hbond substituents is 1. The summed E-state index contributed by atoms with van der Waals surface area (Å²) in [6.07, 6.45) is 1.87. The van der Waals surface area contributed by atoms with Crippen molar-refractivity contribution in [3.63, 3.8) is 0 Å². The average Bonchev–Trinajstić information content (AvgIpc) is 2.33. The number of phenols is 1. The Balaban J connectivity index is 2.09. The Morgan fingerprint density at radius 3 is 2.89 bits per heavy atom. The maximum absolute atomic E-state index is 12.1. The van der Waals surface area contributed by atoms with E-state index >= 15 is 0 Å². The Hall–Kier alpha value is -1.55. The molecule has 0 saturated carbocycles. The van der Waals surface area contributed by atoms with Crippen LogP contribution < -0.4 is 5.32 Å². The van der Waals surface area contributed by atoms with Crippen molar-refractivity contribution in [3.8, 4) is 5.75 Å². The Bertz CT molecular complexity index is 450. The monoisotopic (exact) mass is 249 g/mol. The van der Waals surface area contributed by atoms with E-state index in [0.717, 1.165) is 25.0 Å². The van der Waals surface area contributed by atoms with Gasteiger partial charge in [-0.2, -0.15) is 0 Å². The van der Waals surface area contributed by atoms with Crippen LogP contribution in [0.4, 0.5) is 0 Å². The molecule has 1 fully saturated rings. The minimum atomic E-state index is -0.310. The van der Waals surface area contributed by atoms with Crippen LogP contribution in [0.5, 0.6) is 5.75 Å². The fraction of sp³-hybridized carbons (Fsp3) is 0.500. The maximum Gasteiger partial charge on any atom is 0.251 e. The normalized spacial score (nSPS) is 23.7. The highest BCUT2D eigenvalue weighted by Gasteiger charge is 2.29. The minimum Gasteiger partial charge on any atom is -0.508 e. The second-order valence-electron chi connectivity index (χ2n) is 5.17. The van der Waals surface area contributed by atoms with Crippen molar-refractivity contribution in [1.29, 1.82) is 0 Å². The lowest BCUT2D eigenvalue weighted by atomic mass is 9.94. The molecule has 1 aliphatic rings. The van der Waals surface area contributed by atoms with E-state index in [9.17, 15) is 9.90 Å². The van der Waals surface area contributed by atoms with Crippen LogP contribution in [-0.4, -0.2) is 29.8 Å². The molecule has 4 heteroatoms. The molecule has 0 bridgehead atoms. The Kier molecular flexibility index (Phi) is 3.57. The van der Waals surface area contributed by atoms with Crippen molar-refractivity contribution in [3.05, 3.63) is 29.3 Å². The Morgan fingerprint density at radius 2 is 2.28 bits per heavy atom. The summed E-state index contributed by atoms with van der Waals surface area (Å²) in [4.78, 5) is 12.1. The molecule has 1 aromatic carbocycles. The number of hydrogen-bond acceptors (Lipinski definition) is 3. The van der Waals surface area contributed by atoms with Gasteiger partial charge in [0.2, 0.25) is 0 Å². The number of carbonyl (C=O) groups is 1. The van der Waals surface area contributed by atoms with Gasteiger partial charge in [0.15, 0.2) is 0 Å². The lowest BCUT2D eigenvalue weighted by molar-refractivity contribution is 0.0272. The molecule has 1 aromatic rings. The summed E-state index contributed by atoms with van der Waals surface area (Å²) in [5, 5.41) is 12.6. The smallest absolute Gasteiger partial charge is 0.251 e. The highest BCUT2D eigenvalue weighted by Crippen LogP contribution is 2.21. The van der Waals surface area contributed by atoms with E-state index in [1.54, 1.807) is 19.1 Å². The van der Waals surface area contributed by atoms with E-state index in [4.69, 9.17) is 4.74 Å². The van der Waals surface area contributed by atoms with Crippen molar-refractivity contribution in [2.45, 2.75) is 32.2 Å². The molecule has 0 aromatic heterocycles. The Morgan fingerprint density at radius 1 is 1.50 bits per heavy atom. The van der Waals surface area contributed by atoms with E-state index in [0.29, 0.717) is 12.2 Å².